The lowest BCUT2D eigenvalue weighted by Gasteiger charge is -2.20. The van der Waals surface area contributed by atoms with Gasteiger partial charge in [0, 0.05) is 0 Å². The van der Waals surface area contributed by atoms with Crippen molar-refractivity contribution in [3.8, 4) is 17.2 Å². The van der Waals surface area contributed by atoms with Crippen molar-refractivity contribution in [2.75, 3.05) is 21.3 Å². The molecule has 148 valence electrons. The zero-order valence-electron chi connectivity index (χ0n) is 16.0. The zero-order chi connectivity index (χ0) is 19.1. The van der Waals surface area contributed by atoms with Crippen molar-refractivity contribution in [2.24, 2.45) is 5.73 Å². The number of rotatable bonds is 8. The third-order valence-electron chi connectivity index (χ3n) is 4.18. The van der Waals surface area contributed by atoms with Crippen molar-refractivity contribution in [3.05, 3.63) is 53.6 Å². The summed E-state index contributed by atoms with van der Waals surface area (Å²) in [5, 5.41) is 2.94. The summed E-state index contributed by atoms with van der Waals surface area (Å²) in [6, 6.07) is 12.4. The molecular weight excluding hydrogens is 368 g/mol. The fourth-order valence-corrected chi connectivity index (χ4v) is 2.72. The highest BCUT2D eigenvalue weighted by molar-refractivity contribution is 5.85. The van der Waals surface area contributed by atoms with Crippen LogP contribution in [0.4, 0.5) is 0 Å². The van der Waals surface area contributed by atoms with Gasteiger partial charge in [0.1, 0.15) is 0 Å². The molecule has 0 radical (unpaired) electrons. The van der Waals surface area contributed by atoms with E-state index in [9.17, 15) is 4.79 Å². The fraction of sp³-hybridized carbons (Fsp3) is 0.350. The topological polar surface area (TPSA) is 82.8 Å². The van der Waals surface area contributed by atoms with E-state index in [1.165, 1.54) is 0 Å². The Balaban J connectivity index is 0.00000364. The number of amides is 1. The summed E-state index contributed by atoms with van der Waals surface area (Å²) in [7, 11) is 4.66. The maximum absolute atomic E-state index is 12.4. The molecule has 0 fully saturated rings. The van der Waals surface area contributed by atoms with Crippen LogP contribution in [0.15, 0.2) is 42.5 Å². The molecule has 1 unspecified atom stereocenters. The summed E-state index contributed by atoms with van der Waals surface area (Å²) in [6.07, 6.45) is 0.481. The number of carbonyl (C=O) groups is 1. The van der Waals surface area contributed by atoms with Crippen molar-refractivity contribution in [1.82, 2.24) is 5.32 Å². The van der Waals surface area contributed by atoms with E-state index in [0.717, 1.165) is 11.1 Å². The molecule has 0 aromatic heterocycles. The second kappa shape index (κ2) is 10.6. The van der Waals surface area contributed by atoms with Gasteiger partial charge >= 0.3 is 0 Å². The molecule has 0 spiro atoms. The number of hydrogen-bond donors (Lipinski definition) is 2. The number of ether oxygens (including phenoxy) is 3. The largest absolute Gasteiger partial charge is 0.493 e. The van der Waals surface area contributed by atoms with Crippen molar-refractivity contribution < 1.29 is 19.0 Å². The van der Waals surface area contributed by atoms with Crippen LogP contribution in [0, 0.1) is 0 Å². The van der Waals surface area contributed by atoms with Crippen LogP contribution in [-0.4, -0.2) is 33.3 Å². The Kier molecular flexibility index (Phi) is 8.91. The van der Waals surface area contributed by atoms with Gasteiger partial charge in [0.15, 0.2) is 11.5 Å². The van der Waals surface area contributed by atoms with Crippen molar-refractivity contribution in [2.45, 2.75) is 25.4 Å². The lowest BCUT2D eigenvalue weighted by molar-refractivity contribution is -0.123. The van der Waals surface area contributed by atoms with Gasteiger partial charge in [-0.15, -0.1) is 12.4 Å². The van der Waals surface area contributed by atoms with Crippen molar-refractivity contribution >= 4 is 18.3 Å². The molecule has 0 aliphatic carbocycles. The Labute approximate surface area is 166 Å². The Hall–Kier alpha value is -2.44. The molecule has 0 aliphatic rings. The van der Waals surface area contributed by atoms with E-state index in [-0.39, 0.29) is 24.4 Å². The average Bonchev–Trinajstić information content (AvgIpc) is 2.67. The van der Waals surface area contributed by atoms with Crippen LogP contribution >= 0.6 is 12.4 Å². The Morgan fingerprint density at radius 2 is 1.59 bits per heavy atom. The standard InChI is InChI=1S/C20H26N2O4.ClH/c1-13(15-11-17(24-2)19(26-4)18(12-15)25-3)22-20(23)16(21)10-14-8-6-5-7-9-14;/h5-9,11-13,16H,10,21H2,1-4H3,(H,22,23);1H/t13?,16-;/m0./s1. The van der Waals surface area contributed by atoms with Crippen molar-refractivity contribution in [3.63, 3.8) is 0 Å². The van der Waals surface area contributed by atoms with Gasteiger partial charge in [-0.05, 0) is 36.6 Å². The Morgan fingerprint density at radius 3 is 2.07 bits per heavy atom. The number of methoxy groups -OCH3 is 3. The second-order valence-electron chi connectivity index (χ2n) is 5.99. The first-order valence-corrected chi connectivity index (χ1v) is 8.40. The smallest absolute Gasteiger partial charge is 0.237 e. The van der Waals surface area contributed by atoms with E-state index in [0.29, 0.717) is 23.7 Å². The highest BCUT2D eigenvalue weighted by Crippen LogP contribution is 2.39. The van der Waals surface area contributed by atoms with Gasteiger partial charge < -0.3 is 25.3 Å². The molecule has 0 heterocycles. The van der Waals surface area contributed by atoms with Gasteiger partial charge in [0.05, 0.1) is 33.4 Å². The molecule has 2 atom stereocenters. The first kappa shape index (κ1) is 22.6. The molecule has 0 saturated heterocycles. The number of halogens is 1. The number of hydrogen-bond acceptors (Lipinski definition) is 5. The lowest BCUT2D eigenvalue weighted by Crippen LogP contribution is -2.42. The summed E-state index contributed by atoms with van der Waals surface area (Å²) in [4.78, 5) is 12.4. The SMILES string of the molecule is COc1cc(C(C)NC(=O)[C@@H](N)Cc2ccccc2)cc(OC)c1OC.Cl. The highest BCUT2D eigenvalue weighted by atomic mass is 35.5. The van der Waals surface area contributed by atoms with E-state index in [1.54, 1.807) is 21.3 Å². The number of carbonyl (C=O) groups excluding carboxylic acids is 1. The molecule has 0 aliphatic heterocycles. The molecule has 27 heavy (non-hydrogen) atoms. The normalized spacial score (nSPS) is 12.3. The van der Waals surface area contributed by atoms with E-state index < -0.39 is 6.04 Å². The quantitative estimate of drug-likeness (QED) is 0.719. The van der Waals surface area contributed by atoms with Crippen LogP contribution in [0.2, 0.25) is 0 Å². The van der Waals surface area contributed by atoms with Gasteiger partial charge in [-0.2, -0.15) is 0 Å². The minimum atomic E-state index is -0.623. The molecule has 3 N–H and O–H groups in total. The first-order chi connectivity index (χ1) is 12.5. The second-order valence-corrected chi connectivity index (χ2v) is 5.99. The van der Waals surface area contributed by atoms with Gasteiger partial charge in [0.2, 0.25) is 11.7 Å². The summed E-state index contributed by atoms with van der Waals surface area (Å²) in [6.45, 7) is 1.88. The van der Waals surface area contributed by atoms with Gasteiger partial charge in [-0.25, -0.2) is 0 Å². The summed E-state index contributed by atoms with van der Waals surface area (Å²) in [5.41, 5.74) is 7.91. The van der Waals surface area contributed by atoms with Crippen LogP contribution < -0.4 is 25.3 Å². The van der Waals surface area contributed by atoms with Gasteiger partial charge in [-0.3, -0.25) is 4.79 Å². The predicted molar refractivity (Wildman–Crippen MR) is 108 cm³/mol. The predicted octanol–water partition coefficient (Wildman–Crippen LogP) is 2.88. The molecule has 2 rings (SSSR count). The van der Waals surface area contributed by atoms with Gasteiger partial charge in [-0.1, -0.05) is 30.3 Å². The summed E-state index contributed by atoms with van der Waals surface area (Å²) < 4.78 is 16.0. The first-order valence-electron chi connectivity index (χ1n) is 8.40. The molecule has 0 saturated carbocycles. The Bertz CT molecular complexity index is 715. The minimum absolute atomic E-state index is 0. The maximum atomic E-state index is 12.4. The van der Waals surface area contributed by atoms with Crippen LogP contribution in [0.25, 0.3) is 0 Å². The lowest BCUT2D eigenvalue weighted by atomic mass is 10.0. The maximum Gasteiger partial charge on any atom is 0.237 e. The third-order valence-corrected chi connectivity index (χ3v) is 4.18. The summed E-state index contributed by atoms with van der Waals surface area (Å²) >= 11 is 0. The molecule has 6 nitrogen and oxygen atoms in total. The van der Waals surface area contributed by atoms with Crippen molar-refractivity contribution in [1.29, 1.82) is 0 Å². The average molecular weight is 395 g/mol. The van der Waals surface area contributed by atoms with E-state index in [1.807, 2.05) is 49.4 Å². The van der Waals surface area contributed by atoms with E-state index in [4.69, 9.17) is 19.9 Å². The molecule has 0 bridgehead atoms. The van der Waals surface area contributed by atoms with E-state index >= 15 is 0 Å². The van der Waals surface area contributed by atoms with Crippen LogP contribution in [-0.2, 0) is 11.2 Å². The van der Waals surface area contributed by atoms with E-state index in [2.05, 4.69) is 5.32 Å². The zero-order valence-corrected chi connectivity index (χ0v) is 16.8. The monoisotopic (exact) mass is 394 g/mol. The molecule has 7 heteroatoms. The molecule has 2 aromatic carbocycles. The molecule has 2 aromatic rings. The number of nitrogens with two attached hydrogens (primary N) is 1. The van der Waals surface area contributed by atoms with Crippen LogP contribution in [0.5, 0.6) is 17.2 Å². The molecular formula is C20H27ClN2O4. The highest BCUT2D eigenvalue weighted by Gasteiger charge is 2.20. The summed E-state index contributed by atoms with van der Waals surface area (Å²) in [5.74, 6) is 1.38. The molecule has 1 amide bonds. The van der Waals surface area contributed by atoms with Crippen LogP contribution in [0.3, 0.4) is 0 Å². The Morgan fingerprint density at radius 1 is 1.04 bits per heavy atom. The van der Waals surface area contributed by atoms with Gasteiger partial charge in [0.25, 0.3) is 0 Å². The minimum Gasteiger partial charge on any atom is -0.493 e. The third kappa shape index (κ3) is 5.77. The number of benzene rings is 2. The fourth-order valence-electron chi connectivity index (χ4n) is 2.72. The number of nitrogens with one attached hydrogen (secondary N) is 1. The van der Waals surface area contributed by atoms with Crippen LogP contribution in [0.1, 0.15) is 24.1 Å².